The highest BCUT2D eigenvalue weighted by atomic mass is 28.3. The quantitative estimate of drug-likeness (QED) is 0.667. The molecule has 0 aromatic rings. The monoisotopic (exact) mass is 185 g/mol. The maximum atomic E-state index is 3.53. The van der Waals surface area contributed by atoms with E-state index in [1.807, 2.05) is 0 Å². The van der Waals surface area contributed by atoms with Gasteiger partial charge in [-0.1, -0.05) is 45.2 Å². The van der Waals surface area contributed by atoms with Gasteiger partial charge in [-0.05, 0) is 19.0 Å². The smallest absolute Gasteiger partial charge is 0.119 e. The minimum Gasteiger partial charge on any atom is -0.340 e. The first-order valence-corrected chi connectivity index (χ1v) is 8.54. The molecule has 0 atom stereocenters. The molecule has 2 heteroatoms. The summed E-state index contributed by atoms with van der Waals surface area (Å²) in [6.07, 6.45) is 7.45. The molecule has 0 aromatic carbocycles. The van der Waals surface area contributed by atoms with Gasteiger partial charge in [0, 0.05) is 0 Å². The van der Waals surface area contributed by atoms with Gasteiger partial charge in [0.25, 0.3) is 0 Å². The molecular formula is C10H23NSi. The molecule has 0 aromatic heterocycles. The van der Waals surface area contributed by atoms with Crippen LogP contribution in [0, 0.1) is 5.92 Å². The molecule has 12 heavy (non-hydrogen) atoms. The normalized spacial score (nSPS) is 21.2. The van der Waals surface area contributed by atoms with E-state index in [9.17, 15) is 0 Å². The van der Waals surface area contributed by atoms with E-state index >= 15 is 0 Å². The summed E-state index contributed by atoms with van der Waals surface area (Å²) in [5.74, 6) is 1.05. The van der Waals surface area contributed by atoms with Crippen molar-refractivity contribution in [2.24, 2.45) is 5.92 Å². The summed E-state index contributed by atoms with van der Waals surface area (Å²) in [5.41, 5.74) is 0. The van der Waals surface area contributed by atoms with Crippen molar-refractivity contribution in [2.45, 2.75) is 51.2 Å². The van der Waals surface area contributed by atoms with Gasteiger partial charge in [-0.2, -0.15) is 0 Å². The van der Waals surface area contributed by atoms with Crippen LogP contribution < -0.4 is 4.98 Å². The summed E-state index contributed by atoms with van der Waals surface area (Å²) in [7, 11) is 1.12. The summed E-state index contributed by atoms with van der Waals surface area (Å²) in [6, 6.07) is 1.49. The molecule has 0 unspecified atom stereocenters. The zero-order valence-electron chi connectivity index (χ0n) is 8.82. The fourth-order valence-electron chi connectivity index (χ4n) is 2.22. The molecule has 1 fully saturated rings. The van der Waals surface area contributed by atoms with Gasteiger partial charge < -0.3 is 4.98 Å². The van der Waals surface area contributed by atoms with Crippen LogP contribution in [0.2, 0.25) is 19.1 Å². The Morgan fingerprint density at radius 2 is 1.75 bits per heavy atom. The molecule has 1 aliphatic carbocycles. The van der Waals surface area contributed by atoms with Crippen molar-refractivity contribution in [1.29, 1.82) is 0 Å². The molecule has 0 amide bonds. The summed E-state index contributed by atoms with van der Waals surface area (Å²) in [5, 5.41) is 0. The number of hydrogen-bond acceptors (Lipinski definition) is 1. The Bertz CT molecular complexity index is 128. The Balaban J connectivity index is 2.28. The second kappa shape index (κ2) is 4.42. The Hall–Kier alpha value is 0.177. The van der Waals surface area contributed by atoms with Gasteiger partial charge >= 0.3 is 0 Å². The van der Waals surface area contributed by atoms with Gasteiger partial charge in [0.1, 0.15) is 8.24 Å². The summed E-state index contributed by atoms with van der Waals surface area (Å²) in [6.45, 7) is 4.89. The fourth-order valence-corrected chi connectivity index (χ4v) is 4.27. The largest absolute Gasteiger partial charge is 0.340 e. The van der Waals surface area contributed by atoms with Crippen LogP contribution >= 0.6 is 0 Å². The Labute approximate surface area is 78.0 Å². The Morgan fingerprint density at radius 3 is 2.25 bits per heavy atom. The SMILES string of the molecule is CN[Si](C)(C)CC1CCCCC1. The predicted molar refractivity (Wildman–Crippen MR) is 57.9 cm³/mol. The fraction of sp³-hybridized carbons (Fsp3) is 1.00. The topological polar surface area (TPSA) is 12.0 Å². The molecule has 1 nitrogen and oxygen atoms in total. The number of hydrogen-bond donors (Lipinski definition) is 1. The van der Waals surface area contributed by atoms with Gasteiger partial charge in [0.2, 0.25) is 0 Å². The van der Waals surface area contributed by atoms with Crippen LogP contribution in [0.3, 0.4) is 0 Å². The van der Waals surface area contributed by atoms with Gasteiger partial charge in [-0.25, -0.2) is 0 Å². The molecule has 1 rings (SSSR count). The summed E-state index contributed by atoms with van der Waals surface area (Å²) >= 11 is 0. The van der Waals surface area contributed by atoms with Gasteiger partial charge in [0.15, 0.2) is 0 Å². The standard InChI is InChI=1S/C10H23NSi/c1-11-12(2,3)9-10-7-5-4-6-8-10/h10-11H,4-9H2,1-3H3. The summed E-state index contributed by atoms with van der Waals surface area (Å²) in [4.78, 5) is 3.53. The average Bonchev–Trinajstić information content (AvgIpc) is 2.06. The maximum absolute atomic E-state index is 3.53. The predicted octanol–water partition coefficient (Wildman–Crippen LogP) is 2.99. The van der Waals surface area contributed by atoms with Crippen molar-refractivity contribution in [3.63, 3.8) is 0 Å². The van der Waals surface area contributed by atoms with E-state index in [0.717, 1.165) is 5.92 Å². The Morgan fingerprint density at radius 1 is 1.17 bits per heavy atom. The summed E-state index contributed by atoms with van der Waals surface area (Å²) < 4.78 is 0. The van der Waals surface area contributed by atoms with E-state index in [2.05, 4.69) is 25.1 Å². The van der Waals surface area contributed by atoms with Gasteiger partial charge in [-0.15, -0.1) is 0 Å². The molecule has 1 aliphatic rings. The average molecular weight is 185 g/mol. The lowest BCUT2D eigenvalue weighted by Crippen LogP contribution is -2.43. The van der Waals surface area contributed by atoms with Crippen LogP contribution in [0.5, 0.6) is 0 Å². The van der Waals surface area contributed by atoms with Crippen LogP contribution in [-0.4, -0.2) is 15.3 Å². The van der Waals surface area contributed by atoms with E-state index in [1.54, 1.807) is 0 Å². The maximum Gasteiger partial charge on any atom is 0.119 e. The minimum absolute atomic E-state index is 1.01. The van der Waals surface area contributed by atoms with E-state index in [4.69, 9.17) is 0 Å². The first-order valence-electron chi connectivity index (χ1n) is 5.33. The molecular weight excluding hydrogens is 162 g/mol. The molecule has 72 valence electrons. The third-order valence-electron chi connectivity index (χ3n) is 3.20. The first kappa shape index (κ1) is 10.3. The van der Waals surface area contributed by atoms with Crippen molar-refractivity contribution < 1.29 is 0 Å². The molecule has 0 spiro atoms. The zero-order valence-corrected chi connectivity index (χ0v) is 9.82. The number of nitrogens with one attached hydrogen (secondary N) is 1. The molecule has 0 aliphatic heterocycles. The lowest BCUT2D eigenvalue weighted by molar-refractivity contribution is 0.381. The second-order valence-corrected chi connectivity index (χ2v) is 9.52. The van der Waals surface area contributed by atoms with Crippen LogP contribution in [0.15, 0.2) is 0 Å². The van der Waals surface area contributed by atoms with Crippen molar-refractivity contribution in [3.8, 4) is 0 Å². The lowest BCUT2D eigenvalue weighted by atomic mass is 9.91. The van der Waals surface area contributed by atoms with Crippen LogP contribution in [0.1, 0.15) is 32.1 Å². The minimum atomic E-state index is -1.01. The highest BCUT2D eigenvalue weighted by Crippen LogP contribution is 2.29. The van der Waals surface area contributed by atoms with Gasteiger partial charge in [0.05, 0.1) is 0 Å². The van der Waals surface area contributed by atoms with E-state index in [0.29, 0.717) is 0 Å². The molecule has 0 heterocycles. The van der Waals surface area contributed by atoms with Crippen LogP contribution in [0.25, 0.3) is 0 Å². The third kappa shape index (κ3) is 3.28. The Kier molecular flexibility index (Phi) is 3.78. The van der Waals surface area contributed by atoms with Gasteiger partial charge in [-0.3, -0.25) is 0 Å². The lowest BCUT2D eigenvalue weighted by Gasteiger charge is -2.29. The number of rotatable bonds is 3. The third-order valence-corrected chi connectivity index (χ3v) is 6.15. The highest BCUT2D eigenvalue weighted by Gasteiger charge is 2.24. The van der Waals surface area contributed by atoms with Crippen LogP contribution in [-0.2, 0) is 0 Å². The molecule has 1 N–H and O–H groups in total. The van der Waals surface area contributed by atoms with Crippen LogP contribution in [0.4, 0.5) is 0 Å². The van der Waals surface area contributed by atoms with Crippen molar-refractivity contribution in [2.75, 3.05) is 7.05 Å². The van der Waals surface area contributed by atoms with Crippen molar-refractivity contribution >= 4 is 8.24 Å². The molecule has 0 bridgehead atoms. The first-order chi connectivity index (χ1) is 5.64. The molecule has 0 saturated heterocycles. The highest BCUT2D eigenvalue weighted by molar-refractivity contribution is 6.74. The second-order valence-electron chi connectivity index (χ2n) is 4.84. The molecule has 1 saturated carbocycles. The van der Waals surface area contributed by atoms with Crippen molar-refractivity contribution in [1.82, 2.24) is 4.98 Å². The van der Waals surface area contributed by atoms with E-state index < -0.39 is 8.24 Å². The van der Waals surface area contributed by atoms with E-state index in [-0.39, 0.29) is 0 Å². The molecule has 0 radical (unpaired) electrons. The van der Waals surface area contributed by atoms with E-state index in [1.165, 1.54) is 38.1 Å². The zero-order chi connectivity index (χ0) is 9.03. The van der Waals surface area contributed by atoms with Crippen molar-refractivity contribution in [3.05, 3.63) is 0 Å².